The molecule has 0 aliphatic carbocycles. The van der Waals surface area contributed by atoms with Crippen molar-refractivity contribution in [3.63, 3.8) is 0 Å². The highest BCUT2D eigenvalue weighted by Gasteiger charge is 2.14. The van der Waals surface area contributed by atoms with E-state index in [-0.39, 0.29) is 0 Å². The number of nitrogens with zero attached hydrogens (tertiary/aromatic N) is 1. The number of fused-ring (bicyclic) bond motifs is 2. The molecule has 1 heteroatoms. The van der Waals surface area contributed by atoms with E-state index in [1.807, 2.05) is 6.21 Å². The van der Waals surface area contributed by atoms with Crippen LogP contribution >= 0.6 is 0 Å². The van der Waals surface area contributed by atoms with Crippen molar-refractivity contribution in [1.82, 2.24) is 0 Å². The zero-order valence-corrected chi connectivity index (χ0v) is 11.1. The molecule has 0 saturated heterocycles. The fourth-order valence-corrected chi connectivity index (χ4v) is 3.62. The normalized spacial score (nSPS) is 14.4. The van der Waals surface area contributed by atoms with Gasteiger partial charge in [-0.25, -0.2) is 0 Å². The Hall–Kier alpha value is -2.41. The zero-order chi connectivity index (χ0) is 13.1. The van der Waals surface area contributed by atoms with Crippen LogP contribution in [0.5, 0.6) is 0 Å². The van der Waals surface area contributed by atoms with Crippen LogP contribution < -0.4 is 0 Å². The maximum absolute atomic E-state index is 4.43. The number of benzene rings is 4. The van der Waals surface area contributed by atoms with Gasteiger partial charge in [0.1, 0.15) is 0 Å². The molecule has 0 amide bonds. The van der Waals surface area contributed by atoms with Crippen molar-refractivity contribution >= 4 is 38.5 Å². The lowest BCUT2D eigenvalue weighted by molar-refractivity contribution is 0.962. The summed E-state index contributed by atoms with van der Waals surface area (Å²) >= 11 is 0. The second kappa shape index (κ2) is 3.57. The van der Waals surface area contributed by atoms with Crippen LogP contribution in [0.3, 0.4) is 0 Å². The van der Waals surface area contributed by atoms with E-state index in [9.17, 15) is 0 Å². The maximum atomic E-state index is 4.43. The molecular weight excluding hydrogens is 242 g/mol. The Morgan fingerprint density at radius 1 is 0.800 bits per heavy atom. The molecule has 0 bridgehead atoms. The first-order chi connectivity index (χ1) is 9.92. The lowest BCUT2D eigenvalue weighted by Gasteiger charge is -2.17. The Bertz CT molecular complexity index is 979. The Kier molecular flexibility index (Phi) is 1.86. The fourth-order valence-electron chi connectivity index (χ4n) is 3.62. The van der Waals surface area contributed by atoms with Gasteiger partial charge in [0.15, 0.2) is 0 Å². The molecule has 0 N–H and O–H groups in total. The molecule has 20 heavy (non-hydrogen) atoms. The van der Waals surface area contributed by atoms with Crippen molar-refractivity contribution in [2.75, 3.05) is 6.54 Å². The smallest absolute Gasteiger partial charge is 0.0430 e. The summed E-state index contributed by atoms with van der Waals surface area (Å²) in [5.41, 5.74) is 2.76. The summed E-state index contributed by atoms with van der Waals surface area (Å²) < 4.78 is 0. The average Bonchev–Trinajstić information content (AvgIpc) is 2.52. The lowest BCUT2D eigenvalue weighted by atomic mass is 9.88. The van der Waals surface area contributed by atoms with Gasteiger partial charge in [0.05, 0.1) is 0 Å². The SMILES string of the molecule is C1=NCCc2c1cc1ccc3cccc4ccc2c1c34. The number of aliphatic imine (C=N–C) groups is 1. The molecule has 94 valence electrons. The van der Waals surface area contributed by atoms with Gasteiger partial charge in [0.2, 0.25) is 0 Å². The van der Waals surface area contributed by atoms with Gasteiger partial charge < -0.3 is 0 Å². The van der Waals surface area contributed by atoms with Crippen LogP contribution in [0.1, 0.15) is 11.1 Å². The summed E-state index contributed by atoms with van der Waals surface area (Å²) in [6, 6.07) is 17.9. The van der Waals surface area contributed by atoms with Gasteiger partial charge in [-0.2, -0.15) is 0 Å². The standard InChI is InChI=1S/C19H13N/c1-2-12-4-5-14-10-15-11-20-9-8-16(15)17-7-6-13(3-1)18(12)19(14)17/h1-7,10-11H,8-9H2. The number of hydrogen-bond donors (Lipinski definition) is 0. The van der Waals surface area contributed by atoms with E-state index in [4.69, 9.17) is 0 Å². The minimum absolute atomic E-state index is 0.914. The Balaban J connectivity index is 2.13. The van der Waals surface area contributed by atoms with Gasteiger partial charge in [0.25, 0.3) is 0 Å². The van der Waals surface area contributed by atoms with Crippen LogP contribution in [0.15, 0.2) is 53.5 Å². The van der Waals surface area contributed by atoms with E-state index >= 15 is 0 Å². The van der Waals surface area contributed by atoms with Gasteiger partial charge in [-0.05, 0) is 55.9 Å². The highest BCUT2D eigenvalue weighted by Crippen LogP contribution is 2.37. The van der Waals surface area contributed by atoms with Gasteiger partial charge in [-0.1, -0.05) is 42.5 Å². The van der Waals surface area contributed by atoms with Crippen molar-refractivity contribution in [1.29, 1.82) is 0 Å². The van der Waals surface area contributed by atoms with Crippen LogP contribution in [-0.4, -0.2) is 12.8 Å². The molecule has 0 unspecified atom stereocenters. The van der Waals surface area contributed by atoms with Gasteiger partial charge >= 0.3 is 0 Å². The third-order valence-corrected chi connectivity index (χ3v) is 4.51. The largest absolute Gasteiger partial charge is 0.292 e. The first kappa shape index (κ1) is 10.4. The summed E-state index contributed by atoms with van der Waals surface area (Å²) in [6.07, 6.45) is 3.09. The third kappa shape index (κ3) is 1.20. The monoisotopic (exact) mass is 255 g/mol. The molecule has 1 aliphatic rings. The van der Waals surface area contributed by atoms with E-state index in [0.717, 1.165) is 13.0 Å². The minimum atomic E-state index is 0.914. The fraction of sp³-hybridized carbons (Fsp3) is 0.105. The van der Waals surface area contributed by atoms with Crippen molar-refractivity contribution < 1.29 is 0 Å². The molecule has 0 fully saturated rings. The van der Waals surface area contributed by atoms with Crippen LogP contribution in [-0.2, 0) is 6.42 Å². The van der Waals surface area contributed by atoms with Crippen molar-refractivity contribution in [3.05, 3.63) is 59.7 Å². The average molecular weight is 255 g/mol. The molecule has 1 nitrogen and oxygen atoms in total. The van der Waals surface area contributed by atoms with Crippen LogP contribution in [0.4, 0.5) is 0 Å². The van der Waals surface area contributed by atoms with Crippen LogP contribution in [0, 0.1) is 0 Å². The lowest BCUT2D eigenvalue weighted by Crippen LogP contribution is -2.04. The van der Waals surface area contributed by atoms with Gasteiger partial charge in [-0.3, -0.25) is 4.99 Å². The summed E-state index contributed by atoms with van der Waals surface area (Å²) in [5, 5.41) is 8.25. The summed E-state index contributed by atoms with van der Waals surface area (Å²) in [6.45, 7) is 0.914. The van der Waals surface area contributed by atoms with Crippen LogP contribution in [0.25, 0.3) is 32.3 Å². The first-order valence-electron chi connectivity index (χ1n) is 7.11. The molecule has 1 aliphatic heterocycles. The highest BCUT2D eigenvalue weighted by atomic mass is 14.7. The van der Waals surface area contributed by atoms with E-state index in [1.54, 1.807) is 0 Å². The number of hydrogen-bond acceptors (Lipinski definition) is 1. The third-order valence-electron chi connectivity index (χ3n) is 4.51. The Morgan fingerprint density at radius 2 is 1.60 bits per heavy atom. The Morgan fingerprint density at radius 3 is 2.50 bits per heavy atom. The first-order valence-corrected chi connectivity index (χ1v) is 7.11. The molecule has 4 aromatic carbocycles. The quantitative estimate of drug-likeness (QED) is 0.408. The maximum Gasteiger partial charge on any atom is 0.0430 e. The van der Waals surface area contributed by atoms with E-state index in [2.05, 4.69) is 53.5 Å². The van der Waals surface area contributed by atoms with E-state index in [0.29, 0.717) is 0 Å². The predicted octanol–water partition coefficient (Wildman–Crippen LogP) is 4.56. The molecule has 0 aromatic heterocycles. The van der Waals surface area contributed by atoms with Crippen LogP contribution in [0.2, 0.25) is 0 Å². The minimum Gasteiger partial charge on any atom is -0.292 e. The van der Waals surface area contributed by atoms with Gasteiger partial charge in [-0.15, -0.1) is 0 Å². The topological polar surface area (TPSA) is 12.4 Å². The van der Waals surface area contributed by atoms with Crippen molar-refractivity contribution in [2.24, 2.45) is 4.99 Å². The van der Waals surface area contributed by atoms with Gasteiger partial charge in [0, 0.05) is 12.8 Å². The summed E-state index contributed by atoms with van der Waals surface area (Å²) in [5.74, 6) is 0. The Labute approximate surface area is 116 Å². The second-order valence-electron chi connectivity index (χ2n) is 5.59. The molecule has 0 saturated carbocycles. The highest BCUT2D eigenvalue weighted by molar-refractivity contribution is 6.24. The zero-order valence-electron chi connectivity index (χ0n) is 11.1. The molecule has 0 radical (unpaired) electrons. The van der Waals surface area contributed by atoms with Crippen molar-refractivity contribution in [3.8, 4) is 0 Å². The van der Waals surface area contributed by atoms with E-state index < -0.39 is 0 Å². The molecule has 4 aromatic rings. The predicted molar refractivity (Wildman–Crippen MR) is 86.3 cm³/mol. The summed E-state index contributed by atoms with van der Waals surface area (Å²) in [7, 11) is 0. The molecule has 5 rings (SSSR count). The van der Waals surface area contributed by atoms with E-state index in [1.165, 1.54) is 43.4 Å². The second-order valence-corrected chi connectivity index (χ2v) is 5.59. The molecule has 0 atom stereocenters. The van der Waals surface area contributed by atoms with Crippen molar-refractivity contribution in [2.45, 2.75) is 6.42 Å². The molecule has 0 spiro atoms. The molecular formula is C19H13N. The molecule has 1 heterocycles. The number of rotatable bonds is 0. The summed E-state index contributed by atoms with van der Waals surface area (Å²) in [4.78, 5) is 4.43.